The van der Waals surface area contributed by atoms with Gasteiger partial charge >= 0.3 is 6.01 Å². The summed E-state index contributed by atoms with van der Waals surface area (Å²) in [6.45, 7) is 1.85. The summed E-state index contributed by atoms with van der Waals surface area (Å²) in [5, 5.41) is 17.2. The van der Waals surface area contributed by atoms with Crippen molar-refractivity contribution in [3.63, 3.8) is 0 Å². The highest BCUT2D eigenvalue weighted by Gasteiger charge is 2.08. The lowest BCUT2D eigenvalue weighted by molar-refractivity contribution is 0.475. The van der Waals surface area contributed by atoms with Crippen LogP contribution in [0, 0.1) is 0 Å². The highest BCUT2D eigenvalue weighted by Crippen LogP contribution is 2.21. The van der Waals surface area contributed by atoms with Crippen LogP contribution in [0.4, 0.5) is 6.01 Å². The maximum atomic E-state index is 9.28. The first-order valence-corrected chi connectivity index (χ1v) is 6.46. The highest BCUT2D eigenvalue weighted by molar-refractivity contribution is 5.99. The molecule has 0 bridgehead atoms. The second-order valence-corrected chi connectivity index (χ2v) is 4.50. The van der Waals surface area contributed by atoms with Gasteiger partial charge in [0.1, 0.15) is 5.75 Å². The molecule has 1 aromatic heterocycles. The average Bonchev–Trinajstić information content (AvgIpc) is 2.97. The predicted molar refractivity (Wildman–Crippen MR) is 79.7 cm³/mol. The Bertz CT molecular complexity index is 762. The second kappa shape index (κ2) is 5.58. The van der Waals surface area contributed by atoms with Crippen molar-refractivity contribution in [2.24, 2.45) is 4.99 Å². The van der Waals surface area contributed by atoms with Crippen molar-refractivity contribution in [2.45, 2.75) is 6.92 Å². The van der Waals surface area contributed by atoms with Crippen LogP contribution in [0.5, 0.6) is 5.75 Å². The normalized spacial score (nSPS) is 11.6. The van der Waals surface area contributed by atoms with Gasteiger partial charge in [0, 0.05) is 5.56 Å². The number of phenolic OH excluding ortho intramolecular Hbond substituents is 1. The van der Waals surface area contributed by atoms with Crippen molar-refractivity contribution in [3.05, 3.63) is 60.2 Å². The standard InChI is InChI=1S/C16H13N3O2/c1-11(12-7-9-14(20)10-8-12)17-16-19-18-15(21-16)13-5-3-2-4-6-13/h2-10,20H,1H3. The summed E-state index contributed by atoms with van der Waals surface area (Å²) in [6.07, 6.45) is 0. The molecule has 3 rings (SSSR count). The van der Waals surface area contributed by atoms with E-state index in [1.807, 2.05) is 37.3 Å². The van der Waals surface area contributed by atoms with Gasteiger partial charge in [0.05, 0.1) is 5.71 Å². The zero-order chi connectivity index (χ0) is 14.7. The molecule has 5 nitrogen and oxygen atoms in total. The maximum Gasteiger partial charge on any atom is 0.342 e. The van der Waals surface area contributed by atoms with E-state index < -0.39 is 0 Å². The predicted octanol–water partition coefficient (Wildman–Crippen LogP) is 3.58. The van der Waals surface area contributed by atoms with Crippen LogP contribution in [0.3, 0.4) is 0 Å². The Labute approximate surface area is 121 Å². The van der Waals surface area contributed by atoms with E-state index in [1.165, 1.54) is 0 Å². The molecule has 1 N–H and O–H groups in total. The van der Waals surface area contributed by atoms with Gasteiger partial charge in [0.15, 0.2) is 0 Å². The minimum Gasteiger partial charge on any atom is -0.508 e. The average molecular weight is 279 g/mol. The maximum absolute atomic E-state index is 9.28. The zero-order valence-corrected chi connectivity index (χ0v) is 11.4. The monoisotopic (exact) mass is 279 g/mol. The number of phenols is 1. The molecule has 21 heavy (non-hydrogen) atoms. The molecule has 0 fully saturated rings. The van der Waals surface area contributed by atoms with Crippen LogP contribution in [0.25, 0.3) is 11.5 Å². The van der Waals surface area contributed by atoms with E-state index in [-0.39, 0.29) is 11.8 Å². The molecule has 0 aliphatic carbocycles. The molecule has 0 radical (unpaired) electrons. The van der Waals surface area contributed by atoms with Crippen molar-refractivity contribution in [3.8, 4) is 17.2 Å². The summed E-state index contributed by atoms with van der Waals surface area (Å²) < 4.78 is 5.53. The van der Waals surface area contributed by atoms with Crippen LogP contribution in [-0.4, -0.2) is 21.0 Å². The number of benzene rings is 2. The van der Waals surface area contributed by atoms with Gasteiger partial charge in [-0.05, 0) is 48.9 Å². The Morgan fingerprint density at radius 1 is 1.00 bits per heavy atom. The van der Waals surface area contributed by atoms with Crippen LogP contribution in [0.1, 0.15) is 12.5 Å². The number of rotatable bonds is 3. The lowest BCUT2D eigenvalue weighted by Gasteiger charge is -1.99. The molecule has 0 amide bonds. The summed E-state index contributed by atoms with van der Waals surface area (Å²) in [5.41, 5.74) is 2.47. The molecule has 5 heteroatoms. The fourth-order valence-electron chi connectivity index (χ4n) is 1.87. The van der Waals surface area contributed by atoms with Crippen LogP contribution >= 0.6 is 0 Å². The van der Waals surface area contributed by atoms with Crippen LogP contribution < -0.4 is 0 Å². The van der Waals surface area contributed by atoms with Gasteiger partial charge in [0.2, 0.25) is 5.89 Å². The summed E-state index contributed by atoms with van der Waals surface area (Å²) >= 11 is 0. The SMILES string of the molecule is CC(=Nc1nnc(-c2ccccc2)o1)c1ccc(O)cc1. The van der Waals surface area contributed by atoms with Gasteiger partial charge in [-0.15, -0.1) is 5.10 Å². The van der Waals surface area contributed by atoms with Gasteiger partial charge in [-0.2, -0.15) is 4.99 Å². The number of aliphatic imine (C=N–C) groups is 1. The number of nitrogens with zero attached hydrogens (tertiary/aromatic N) is 3. The Balaban J connectivity index is 1.86. The van der Waals surface area contributed by atoms with E-state index in [1.54, 1.807) is 24.3 Å². The van der Waals surface area contributed by atoms with Gasteiger partial charge < -0.3 is 9.52 Å². The molecule has 104 valence electrons. The van der Waals surface area contributed by atoms with Gasteiger partial charge in [-0.1, -0.05) is 23.3 Å². The van der Waals surface area contributed by atoms with Crippen LogP contribution in [-0.2, 0) is 0 Å². The van der Waals surface area contributed by atoms with Gasteiger partial charge in [-0.3, -0.25) is 0 Å². The summed E-state index contributed by atoms with van der Waals surface area (Å²) in [7, 11) is 0. The third kappa shape index (κ3) is 2.97. The number of aromatic nitrogens is 2. The van der Waals surface area contributed by atoms with Crippen molar-refractivity contribution in [1.29, 1.82) is 0 Å². The minimum atomic E-state index is 0.208. The highest BCUT2D eigenvalue weighted by atomic mass is 16.4. The van der Waals surface area contributed by atoms with E-state index in [9.17, 15) is 5.11 Å². The Morgan fingerprint density at radius 3 is 2.43 bits per heavy atom. The molecule has 0 saturated carbocycles. The minimum absolute atomic E-state index is 0.208. The molecule has 0 spiro atoms. The fourth-order valence-corrected chi connectivity index (χ4v) is 1.87. The molecule has 0 unspecified atom stereocenters. The molecule has 0 atom stereocenters. The third-order valence-electron chi connectivity index (χ3n) is 2.98. The van der Waals surface area contributed by atoms with Crippen molar-refractivity contribution >= 4 is 11.7 Å². The Hall–Kier alpha value is -2.95. The summed E-state index contributed by atoms with van der Waals surface area (Å²) in [5.74, 6) is 0.656. The first-order chi connectivity index (χ1) is 10.2. The summed E-state index contributed by atoms with van der Waals surface area (Å²) in [6, 6.07) is 16.5. The molecule has 0 saturated heterocycles. The van der Waals surface area contributed by atoms with Gasteiger partial charge in [-0.25, -0.2) is 0 Å². The Morgan fingerprint density at radius 2 is 1.71 bits per heavy atom. The quantitative estimate of drug-likeness (QED) is 0.744. The van der Waals surface area contributed by atoms with E-state index >= 15 is 0 Å². The number of hydrogen-bond acceptors (Lipinski definition) is 5. The largest absolute Gasteiger partial charge is 0.508 e. The third-order valence-corrected chi connectivity index (χ3v) is 2.98. The topological polar surface area (TPSA) is 71.5 Å². The molecule has 0 aliphatic rings. The number of aromatic hydroxyl groups is 1. The van der Waals surface area contributed by atoms with Crippen LogP contribution in [0.15, 0.2) is 64.0 Å². The molecular weight excluding hydrogens is 266 g/mol. The van der Waals surface area contributed by atoms with E-state index in [4.69, 9.17) is 4.42 Å². The molecule has 3 aromatic rings. The van der Waals surface area contributed by atoms with Gasteiger partial charge in [0.25, 0.3) is 0 Å². The summed E-state index contributed by atoms with van der Waals surface area (Å²) in [4.78, 5) is 4.30. The molecular formula is C16H13N3O2. The molecule has 0 aliphatic heterocycles. The Kier molecular flexibility index (Phi) is 3.47. The van der Waals surface area contributed by atoms with E-state index in [0.29, 0.717) is 5.89 Å². The van der Waals surface area contributed by atoms with E-state index in [0.717, 1.165) is 16.8 Å². The van der Waals surface area contributed by atoms with Crippen molar-refractivity contribution in [1.82, 2.24) is 10.2 Å². The second-order valence-electron chi connectivity index (χ2n) is 4.50. The lowest BCUT2D eigenvalue weighted by atomic mass is 10.1. The molecule has 1 heterocycles. The lowest BCUT2D eigenvalue weighted by Crippen LogP contribution is -1.92. The first-order valence-electron chi connectivity index (χ1n) is 6.46. The number of hydrogen-bond donors (Lipinski definition) is 1. The van der Waals surface area contributed by atoms with Crippen molar-refractivity contribution < 1.29 is 9.52 Å². The van der Waals surface area contributed by atoms with Crippen LogP contribution in [0.2, 0.25) is 0 Å². The zero-order valence-electron chi connectivity index (χ0n) is 11.4. The fraction of sp³-hybridized carbons (Fsp3) is 0.0625. The van der Waals surface area contributed by atoms with E-state index in [2.05, 4.69) is 15.2 Å². The van der Waals surface area contributed by atoms with Crippen molar-refractivity contribution in [2.75, 3.05) is 0 Å². The molecule has 2 aromatic carbocycles. The smallest absolute Gasteiger partial charge is 0.342 e. The first kappa shape index (κ1) is 13.1.